The molecule has 5 nitrogen and oxygen atoms in total. The molecule has 1 saturated carbocycles. The topological polar surface area (TPSA) is 69.6 Å². The van der Waals surface area contributed by atoms with Gasteiger partial charge in [-0.15, -0.1) is 0 Å². The Labute approximate surface area is 122 Å². The Bertz CT molecular complexity index is 501. The summed E-state index contributed by atoms with van der Waals surface area (Å²) >= 11 is 5.99. The predicted molar refractivity (Wildman–Crippen MR) is 77.1 cm³/mol. The molecular formula is C14H17ClN2O3. The summed E-state index contributed by atoms with van der Waals surface area (Å²) in [6, 6.07) is 6.48. The van der Waals surface area contributed by atoms with Crippen LogP contribution in [0, 0.1) is 0 Å². The number of hydrogen-bond acceptors (Lipinski definition) is 2. The fraction of sp³-hybridized carbons (Fsp3) is 0.429. The van der Waals surface area contributed by atoms with Gasteiger partial charge in [-0.25, -0.2) is 4.79 Å². The summed E-state index contributed by atoms with van der Waals surface area (Å²) in [5.41, 5.74) is 0.493. The van der Waals surface area contributed by atoms with Crippen LogP contribution >= 0.6 is 11.6 Å². The van der Waals surface area contributed by atoms with Crippen LogP contribution < -0.4 is 5.32 Å². The SMILES string of the molecule is O=C(O)CN(C(=O)Nc1ccccc1Cl)C1CCCC1. The molecule has 1 aliphatic carbocycles. The Morgan fingerprint density at radius 3 is 2.55 bits per heavy atom. The fourth-order valence-electron chi connectivity index (χ4n) is 2.48. The Hall–Kier alpha value is -1.75. The van der Waals surface area contributed by atoms with E-state index in [2.05, 4.69) is 5.32 Å². The van der Waals surface area contributed by atoms with Crippen LogP contribution in [0.25, 0.3) is 0 Å². The summed E-state index contributed by atoms with van der Waals surface area (Å²) < 4.78 is 0. The van der Waals surface area contributed by atoms with Gasteiger partial charge in [-0.3, -0.25) is 4.79 Å². The summed E-state index contributed by atoms with van der Waals surface area (Å²) in [5.74, 6) is -1.01. The molecule has 6 heteroatoms. The van der Waals surface area contributed by atoms with E-state index < -0.39 is 12.0 Å². The number of aliphatic carboxylic acids is 1. The third-order valence-electron chi connectivity index (χ3n) is 3.45. The van der Waals surface area contributed by atoms with Crippen LogP contribution in [0.4, 0.5) is 10.5 Å². The van der Waals surface area contributed by atoms with Crippen LogP contribution in [0.3, 0.4) is 0 Å². The standard InChI is InChI=1S/C14H17ClN2O3/c15-11-7-3-4-8-12(11)16-14(20)17(9-13(18)19)10-5-1-2-6-10/h3-4,7-8,10H,1-2,5-6,9H2,(H,16,20)(H,18,19). The first-order valence-corrected chi connectivity index (χ1v) is 6.99. The molecule has 0 spiro atoms. The minimum absolute atomic E-state index is 0.00594. The van der Waals surface area contributed by atoms with Gasteiger partial charge >= 0.3 is 12.0 Å². The van der Waals surface area contributed by atoms with Gasteiger partial charge in [0.15, 0.2) is 0 Å². The molecule has 0 aromatic heterocycles. The number of anilines is 1. The normalized spacial score (nSPS) is 15.1. The monoisotopic (exact) mass is 296 g/mol. The Balaban J connectivity index is 2.09. The summed E-state index contributed by atoms with van der Waals surface area (Å²) in [6.45, 7) is -0.291. The van der Waals surface area contributed by atoms with Gasteiger partial charge in [-0.2, -0.15) is 0 Å². The second-order valence-corrected chi connectivity index (χ2v) is 5.28. The molecule has 1 fully saturated rings. The van der Waals surface area contributed by atoms with E-state index in [1.54, 1.807) is 24.3 Å². The Morgan fingerprint density at radius 1 is 1.30 bits per heavy atom. The molecule has 2 amide bonds. The van der Waals surface area contributed by atoms with E-state index in [0.717, 1.165) is 25.7 Å². The number of hydrogen-bond donors (Lipinski definition) is 2. The lowest BCUT2D eigenvalue weighted by atomic mass is 10.2. The third kappa shape index (κ3) is 3.63. The average molecular weight is 297 g/mol. The lowest BCUT2D eigenvalue weighted by Crippen LogP contribution is -2.44. The number of carboxylic acid groups (broad SMARTS) is 1. The largest absolute Gasteiger partial charge is 0.480 e. The van der Waals surface area contributed by atoms with Gasteiger partial charge in [0, 0.05) is 6.04 Å². The minimum atomic E-state index is -1.01. The van der Waals surface area contributed by atoms with Gasteiger partial charge in [0.05, 0.1) is 10.7 Å². The van der Waals surface area contributed by atoms with Crippen LogP contribution in [-0.2, 0) is 4.79 Å². The van der Waals surface area contributed by atoms with E-state index in [0.29, 0.717) is 10.7 Å². The van der Waals surface area contributed by atoms with Crippen molar-refractivity contribution in [3.05, 3.63) is 29.3 Å². The summed E-state index contributed by atoms with van der Waals surface area (Å²) in [4.78, 5) is 24.6. The third-order valence-corrected chi connectivity index (χ3v) is 3.78. The maximum absolute atomic E-state index is 12.3. The first kappa shape index (κ1) is 14.7. The van der Waals surface area contributed by atoms with Crippen molar-refractivity contribution in [2.45, 2.75) is 31.7 Å². The highest BCUT2D eigenvalue weighted by atomic mass is 35.5. The highest BCUT2D eigenvalue weighted by Gasteiger charge is 2.28. The van der Waals surface area contributed by atoms with Crippen LogP contribution in [0.2, 0.25) is 5.02 Å². The zero-order chi connectivity index (χ0) is 14.5. The number of urea groups is 1. The van der Waals surface area contributed by atoms with E-state index in [1.807, 2.05) is 0 Å². The maximum atomic E-state index is 12.3. The van der Waals surface area contributed by atoms with Gasteiger partial charge in [-0.1, -0.05) is 36.6 Å². The number of amides is 2. The van der Waals surface area contributed by atoms with Crippen LogP contribution in [0.1, 0.15) is 25.7 Å². The molecule has 20 heavy (non-hydrogen) atoms. The van der Waals surface area contributed by atoms with Crippen molar-refractivity contribution in [3.8, 4) is 0 Å². The fourth-order valence-corrected chi connectivity index (χ4v) is 2.66. The van der Waals surface area contributed by atoms with Crippen molar-refractivity contribution in [1.82, 2.24) is 4.90 Å². The molecule has 0 aliphatic heterocycles. The quantitative estimate of drug-likeness (QED) is 0.896. The molecule has 1 aromatic carbocycles. The van der Waals surface area contributed by atoms with Crippen molar-refractivity contribution in [2.24, 2.45) is 0 Å². The molecule has 0 bridgehead atoms. The first-order valence-electron chi connectivity index (χ1n) is 6.62. The Kier molecular flexibility index (Phi) is 4.84. The number of nitrogens with zero attached hydrogens (tertiary/aromatic N) is 1. The van der Waals surface area contributed by atoms with E-state index in [4.69, 9.17) is 16.7 Å². The summed E-state index contributed by atoms with van der Waals surface area (Å²) in [7, 11) is 0. The molecule has 0 radical (unpaired) electrons. The van der Waals surface area contributed by atoms with E-state index in [9.17, 15) is 9.59 Å². The molecule has 1 aliphatic rings. The van der Waals surface area contributed by atoms with Crippen molar-refractivity contribution in [3.63, 3.8) is 0 Å². The smallest absolute Gasteiger partial charge is 0.323 e. The van der Waals surface area contributed by atoms with Crippen molar-refractivity contribution < 1.29 is 14.7 Å². The molecule has 2 rings (SSSR count). The number of carbonyl (C=O) groups is 2. The zero-order valence-electron chi connectivity index (χ0n) is 11.0. The molecular weight excluding hydrogens is 280 g/mol. The van der Waals surface area contributed by atoms with Gasteiger partial charge in [0.1, 0.15) is 6.54 Å². The highest BCUT2D eigenvalue weighted by molar-refractivity contribution is 6.33. The predicted octanol–water partition coefficient (Wildman–Crippen LogP) is 3.20. The van der Waals surface area contributed by atoms with Gasteiger partial charge in [0.2, 0.25) is 0 Å². The molecule has 2 N–H and O–H groups in total. The van der Waals surface area contributed by atoms with Crippen molar-refractivity contribution >= 4 is 29.3 Å². The van der Waals surface area contributed by atoms with Crippen LogP contribution in [-0.4, -0.2) is 34.6 Å². The molecule has 0 atom stereocenters. The Morgan fingerprint density at radius 2 is 1.95 bits per heavy atom. The zero-order valence-corrected chi connectivity index (χ0v) is 11.8. The van der Waals surface area contributed by atoms with Crippen molar-refractivity contribution in [2.75, 3.05) is 11.9 Å². The number of nitrogens with one attached hydrogen (secondary N) is 1. The number of halogens is 1. The van der Waals surface area contributed by atoms with E-state index in [-0.39, 0.29) is 12.6 Å². The van der Waals surface area contributed by atoms with Gasteiger partial charge in [0.25, 0.3) is 0 Å². The summed E-state index contributed by atoms with van der Waals surface area (Å²) in [6.07, 6.45) is 3.76. The van der Waals surface area contributed by atoms with Gasteiger partial charge < -0.3 is 15.3 Å². The molecule has 1 aromatic rings. The second-order valence-electron chi connectivity index (χ2n) is 4.87. The van der Waals surface area contributed by atoms with Crippen molar-refractivity contribution in [1.29, 1.82) is 0 Å². The van der Waals surface area contributed by atoms with Gasteiger partial charge in [-0.05, 0) is 25.0 Å². The molecule has 0 saturated heterocycles. The lowest BCUT2D eigenvalue weighted by molar-refractivity contribution is -0.138. The molecule has 0 unspecified atom stereocenters. The number of carbonyl (C=O) groups excluding carboxylic acids is 1. The number of para-hydroxylation sites is 1. The molecule has 108 valence electrons. The van der Waals surface area contributed by atoms with Crippen LogP contribution in [0.15, 0.2) is 24.3 Å². The lowest BCUT2D eigenvalue weighted by Gasteiger charge is -2.27. The van der Waals surface area contributed by atoms with E-state index >= 15 is 0 Å². The highest BCUT2D eigenvalue weighted by Crippen LogP contribution is 2.25. The minimum Gasteiger partial charge on any atom is -0.480 e. The average Bonchev–Trinajstić information content (AvgIpc) is 2.92. The number of rotatable bonds is 4. The maximum Gasteiger partial charge on any atom is 0.323 e. The second kappa shape index (κ2) is 6.61. The van der Waals surface area contributed by atoms with E-state index in [1.165, 1.54) is 4.90 Å². The summed E-state index contributed by atoms with van der Waals surface area (Å²) in [5, 5.41) is 12.1. The first-order chi connectivity index (χ1) is 9.58. The van der Waals surface area contributed by atoms with Crippen LogP contribution in [0.5, 0.6) is 0 Å². The number of carboxylic acids is 1. The number of benzene rings is 1. The molecule has 0 heterocycles.